The van der Waals surface area contributed by atoms with Crippen LogP contribution in [0.1, 0.15) is 44.6 Å². The molecule has 2 rings (SSSR count). The van der Waals surface area contributed by atoms with Crippen molar-refractivity contribution < 1.29 is 9.53 Å². The number of rotatable bonds is 6. The van der Waals surface area contributed by atoms with Crippen molar-refractivity contribution in [2.45, 2.75) is 39.0 Å². The Bertz CT molecular complexity index is 465. The van der Waals surface area contributed by atoms with Crippen LogP contribution in [0.3, 0.4) is 0 Å². The highest BCUT2D eigenvalue weighted by molar-refractivity contribution is 5.85. The summed E-state index contributed by atoms with van der Waals surface area (Å²) in [6.45, 7) is 2.75. The Balaban J connectivity index is 1.91. The van der Waals surface area contributed by atoms with E-state index in [0.717, 1.165) is 43.4 Å². The summed E-state index contributed by atoms with van der Waals surface area (Å²) in [5, 5.41) is 4.05. The molecule has 20 heavy (non-hydrogen) atoms. The second-order valence-electron chi connectivity index (χ2n) is 5.10. The van der Waals surface area contributed by atoms with E-state index in [1.807, 2.05) is 24.3 Å². The number of para-hydroxylation sites is 1. The van der Waals surface area contributed by atoms with Crippen LogP contribution in [0.15, 0.2) is 29.4 Å². The molecule has 0 bridgehead atoms. The third-order valence-electron chi connectivity index (χ3n) is 3.49. The summed E-state index contributed by atoms with van der Waals surface area (Å²) in [4.78, 5) is 11.8. The van der Waals surface area contributed by atoms with Gasteiger partial charge in [0, 0.05) is 11.5 Å². The van der Waals surface area contributed by atoms with Gasteiger partial charge in [0.2, 0.25) is 5.91 Å². The van der Waals surface area contributed by atoms with E-state index in [1.54, 1.807) is 6.21 Å². The van der Waals surface area contributed by atoms with Crippen molar-refractivity contribution in [3.05, 3.63) is 29.8 Å². The molecule has 4 heteroatoms. The SMILES string of the molecule is CCCOc1ccccc1/C=N\NC(=O)C1CCCC1. The predicted octanol–water partition coefficient (Wildman–Crippen LogP) is 3.12. The molecular weight excluding hydrogens is 252 g/mol. The van der Waals surface area contributed by atoms with Gasteiger partial charge in [-0.05, 0) is 31.4 Å². The number of hydrogen-bond acceptors (Lipinski definition) is 3. The van der Waals surface area contributed by atoms with Crippen LogP contribution in [0, 0.1) is 5.92 Å². The summed E-state index contributed by atoms with van der Waals surface area (Å²) in [5.74, 6) is 0.970. The Kier molecular flexibility index (Phi) is 5.59. The molecule has 1 saturated carbocycles. The van der Waals surface area contributed by atoms with E-state index in [0.29, 0.717) is 6.61 Å². The van der Waals surface area contributed by atoms with Crippen LogP contribution < -0.4 is 10.2 Å². The lowest BCUT2D eigenvalue weighted by atomic mass is 10.1. The van der Waals surface area contributed by atoms with Crippen LogP contribution in [-0.2, 0) is 4.79 Å². The van der Waals surface area contributed by atoms with Gasteiger partial charge in [-0.3, -0.25) is 4.79 Å². The fourth-order valence-electron chi connectivity index (χ4n) is 2.38. The number of nitrogens with zero attached hydrogens (tertiary/aromatic N) is 1. The molecule has 4 nitrogen and oxygen atoms in total. The van der Waals surface area contributed by atoms with Crippen LogP contribution in [0.4, 0.5) is 0 Å². The Labute approximate surface area is 120 Å². The lowest BCUT2D eigenvalue weighted by molar-refractivity contribution is -0.124. The molecule has 108 valence electrons. The fourth-order valence-corrected chi connectivity index (χ4v) is 2.38. The average Bonchev–Trinajstić information content (AvgIpc) is 3.00. The monoisotopic (exact) mass is 274 g/mol. The van der Waals surface area contributed by atoms with Crippen molar-refractivity contribution in [1.29, 1.82) is 0 Å². The van der Waals surface area contributed by atoms with Crippen LogP contribution in [0.2, 0.25) is 0 Å². The zero-order chi connectivity index (χ0) is 14.2. The van der Waals surface area contributed by atoms with Crippen molar-refractivity contribution in [3.8, 4) is 5.75 Å². The van der Waals surface area contributed by atoms with Gasteiger partial charge >= 0.3 is 0 Å². The van der Waals surface area contributed by atoms with Crippen LogP contribution in [-0.4, -0.2) is 18.7 Å². The molecule has 0 saturated heterocycles. The molecule has 1 aliphatic carbocycles. The summed E-state index contributed by atoms with van der Waals surface area (Å²) in [7, 11) is 0. The molecule has 0 aromatic heterocycles. The minimum Gasteiger partial charge on any atom is -0.493 e. The number of hydrogen-bond donors (Lipinski definition) is 1. The average molecular weight is 274 g/mol. The Morgan fingerprint density at radius 3 is 2.90 bits per heavy atom. The molecule has 1 fully saturated rings. The molecule has 0 unspecified atom stereocenters. The number of hydrazone groups is 1. The van der Waals surface area contributed by atoms with Gasteiger partial charge in [0.1, 0.15) is 5.75 Å². The largest absolute Gasteiger partial charge is 0.493 e. The van der Waals surface area contributed by atoms with E-state index in [-0.39, 0.29) is 11.8 Å². The highest BCUT2D eigenvalue weighted by atomic mass is 16.5. The minimum absolute atomic E-state index is 0.0331. The van der Waals surface area contributed by atoms with Gasteiger partial charge in [0.25, 0.3) is 0 Å². The summed E-state index contributed by atoms with van der Waals surface area (Å²) >= 11 is 0. The van der Waals surface area contributed by atoms with E-state index in [9.17, 15) is 4.79 Å². The molecule has 0 aliphatic heterocycles. The third-order valence-corrected chi connectivity index (χ3v) is 3.49. The van der Waals surface area contributed by atoms with Gasteiger partial charge in [-0.2, -0.15) is 5.10 Å². The number of carbonyl (C=O) groups excluding carboxylic acids is 1. The number of benzene rings is 1. The second-order valence-corrected chi connectivity index (χ2v) is 5.10. The minimum atomic E-state index is 0.0331. The van der Waals surface area contributed by atoms with Crippen LogP contribution in [0.5, 0.6) is 5.75 Å². The first kappa shape index (κ1) is 14.6. The van der Waals surface area contributed by atoms with E-state index in [2.05, 4.69) is 17.5 Å². The van der Waals surface area contributed by atoms with Gasteiger partial charge in [-0.15, -0.1) is 0 Å². The smallest absolute Gasteiger partial charge is 0.243 e. The van der Waals surface area contributed by atoms with Crippen molar-refractivity contribution in [3.63, 3.8) is 0 Å². The first-order valence-electron chi connectivity index (χ1n) is 7.36. The highest BCUT2D eigenvalue weighted by Crippen LogP contribution is 2.24. The quantitative estimate of drug-likeness (QED) is 0.640. The summed E-state index contributed by atoms with van der Waals surface area (Å²) in [6, 6.07) is 7.70. The van der Waals surface area contributed by atoms with Gasteiger partial charge < -0.3 is 4.74 Å². The molecule has 0 spiro atoms. The summed E-state index contributed by atoms with van der Waals surface area (Å²) in [6.07, 6.45) is 6.88. The summed E-state index contributed by atoms with van der Waals surface area (Å²) in [5.41, 5.74) is 3.51. The van der Waals surface area contributed by atoms with Crippen molar-refractivity contribution >= 4 is 12.1 Å². The molecule has 1 aromatic rings. The first-order chi connectivity index (χ1) is 9.81. The van der Waals surface area contributed by atoms with Crippen LogP contribution >= 0.6 is 0 Å². The molecule has 0 heterocycles. The number of amides is 1. The zero-order valence-corrected chi connectivity index (χ0v) is 12.0. The maximum absolute atomic E-state index is 11.8. The topological polar surface area (TPSA) is 50.7 Å². The third kappa shape index (κ3) is 4.08. The van der Waals surface area contributed by atoms with Crippen molar-refractivity contribution in [2.24, 2.45) is 11.0 Å². The van der Waals surface area contributed by atoms with Crippen molar-refractivity contribution in [2.75, 3.05) is 6.61 Å². The highest BCUT2D eigenvalue weighted by Gasteiger charge is 2.21. The predicted molar refractivity (Wildman–Crippen MR) is 79.9 cm³/mol. The Morgan fingerprint density at radius 2 is 2.15 bits per heavy atom. The number of nitrogens with one attached hydrogen (secondary N) is 1. The molecule has 1 aromatic carbocycles. The molecule has 1 aliphatic rings. The molecule has 1 N–H and O–H groups in total. The lowest BCUT2D eigenvalue weighted by Gasteiger charge is -2.08. The maximum Gasteiger partial charge on any atom is 0.243 e. The van der Waals surface area contributed by atoms with Gasteiger partial charge in [-0.25, -0.2) is 5.43 Å². The number of carbonyl (C=O) groups is 1. The number of ether oxygens (including phenoxy) is 1. The van der Waals surface area contributed by atoms with Gasteiger partial charge in [-0.1, -0.05) is 31.9 Å². The van der Waals surface area contributed by atoms with Gasteiger partial charge in [0.05, 0.1) is 12.8 Å². The van der Waals surface area contributed by atoms with Gasteiger partial charge in [0.15, 0.2) is 0 Å². The normalized spacial score (nSPS) is 15.7. The Morgan fingerprint density at radius 1 is 1.40 bits per heavy atom. The first-order valence-corrected chi connectivity index (χ1v) is 7.36. The molecule has 1 amide bonds. The lowest BCUT2D eigenvalue weighted by Crippen LogP contribution is -2.24. The fraction of sp³-hybridized carbons (Fsp3) is 0.500. The Hall–Kier alpha value is -1.84. The van der Waals surface area contributed by atoms with Crippen LogP contribution in [0.25, 0.3) is 0 Å². The zero-order valence-electron chi connectivity index (χ0n) is 12.0. The van der Waals surface area contributed by atoms with E-state index in [4.69, 9.17) is 4.74 Å². The van der Waals surface area contributed by atoms with E-state index in [1.165, 1.54) is 0 Å². The standard InChI is InChI=1S/C16H22N2O2/c1-2-11-20-15-10-6-5-9-14(15)12-17-18-16(19)13-7-3-4-8-13/h5-6,9-10,12-13H,2-4,7-8,11H2,1H3,(H,18,19)/b17-12-. The summed E-state index contributed by atoms with van der Waals surface area (Å²) < 4.78 is 5.64. The van der Waals surface area contributed by atoms with E-state index < -0.39 is 0 Å². The molecule has 0 atom stereocenters. The van der Waals surface area contributed by atoms with E-state index >= 15 is 0 Å². The second kappa shape index (κ2) is 7.68. The molecule has 0 radical (unpaired) electrons. The van der Waals surface area contributed by atoms with Crippen molar-refractivity contribution in [1.82, 2.24) is 5.43 Å². The maximum atomic E-state index is 11.8. The molecular formula is C16H22N2O2.